The summed E-state index contributed by atoms with van der Waals surface area (Å²) in [6.45, 7) is 1.07. The molecule has 40 heavy (non-hydrogen) atoms. The lowest BCUT2D eigenvalue weighted by atomic mass is 9.90. The van der Waals surface area contributed by atoms with Gasteiger partial charge in [0.1, 0.15) is 30.5 Å². The number of Topliss-reactive ketones (excluding diaryl/α,β-unsaturated/α-hetero) is 1. The Morgan fingerprint density at radius 3 is 1.60 bits per heavy atom. The van der Waals surface area contributed by atoms with E-state index in [1.165, 1.54) is 0 Å². The Labute approximate surface area is 235 Å². The molecule has 6 nitrogen and oxygen atoms in total. The number of hydrogen-bond acceptors (Lipinski definition) is 6. The summed E-state index contributed by atoms with van der Waals surface area (Å²) < 4.78 is 25.1. The quantitative estimate of drug-likeness (QED) is 0.244. The van der Waals surface area contributed by atoms with Crippen molar-refractivity contribution >= 4 is 5.78 Å². The number of hydrogen-bond donors (Lipinski definition) is 1. The highest BCUT2D eigenvalue weighted by Crippen LogP contribution is 2.30. The highest BCUT2D eigenvalue weighted by atomic mass is 16.6. The van der Waals surface area contributed by atoms with E-state index in [2.05, 4.69) is 0 Å². The summed E-state index contributed by atoms with van der Waals surface area (Å²) in [5.41, 5.74) is 3.41. The maximum absolute atomic E-state index is 13.5. The van der Waals surface area contributed by atoms with Gasteiger partial charge in [0.25, 0.3) is 0 Å². The summed E-state index contributed by atoms with van der Waals surface area (Å²) in [5, 5.41) is 11.5. The fraction of sp³-hybridized carbons (Fsp3) is 0.265. The second-order valence-corrected chi connectivity index (χ2v) is 9.84. The summed E-state index contributed by atoms with van der Waals surface area (Å²) in [6.07, 6.45) is -4.56. The molecule has 0 amide bonds. The Kier molecular flexibility index (Phi) is 9.85. The van der Waals surface area contributed by atoms with Crippen LogP contribution in [-0.4, -0.2) is 48.0 Å². The van der Waals surface area contributed by atoms with Crippen molar-refractivity contribution in [3.05, 3.63) is 144 Å². The van der Waals surface area contributed by atoms with Gasteiger partial charge in [-0.15, -0.1) is 0 Å². The first-order chi connectivity index (χ1) is 19.7. The predicted molar refractivity (Wildman–Crippen MR) is 152 cm³/mol. The van der Waals surface area contributed by atoms with E-state index >= 15 is 0 Å². The molecule has 0 spiro atoms. The van der Waals surface area contributed by atoms with E-state index in [0.29, 0.717) is 18.8 Å². The van der Waals surface area contributed by atoms with E-state index in [-0.39, 0.29) is 19.0 Å². The van der Waals surface area contributed by atoms with Gasteiger partial charge >= 0.3 is 0 Å². The summed E-state index contributed by atoms with van der Waals surface area (Å²) >= 11 is 0. The molecule has 0 aromatic heterocycles. The molecule has 5 rings (SSSR count). The topological polar surface area (TPSA) is 74.2 Å². The number of aliphatic hydroxyl groups excluding tert-OH is 1. The highest BCUT2D eigenvalue weighted by molar-refractivity contribution is 6.00. The largest absolute Gasteiger partial charge is 0.387 e. The molecule has 1 aliphatic rings. The maximum Gasteiger partial charge on any atom is 0.194 e. The third-order valence-electron chi connectivity index (χ3n) is 6.94. The number of benzene rings is 4. The number of rotatable bonds is 12. The SMILES string of the molecule is O=C(c1ccccc1)[C@@H]1O[C@H](COCc2ccccc2)[C@@H](OCc2ccccc2)[C@H](OCc2ccccc2)[C@H]1O. The molecule has 4 aromatic carbocycles. The smallest absolute Gasteiger partial charge is 0.194 e. The van der Waals surface area contributed by atoms with E-state index in [4.69, 9.17) is 18.9 Å². The van der Waals surface area contributed by atoms with Crippen LogP contribution >= 0.6 is 0 Å². The normalized spacial score (nSPS) is 22.6. The number of carbonyl (C=O) groups excluding carboxylic acids is 1. The molecular formula is C34H34O6. The van der Waals surface area contributed by atoms with Gasteiger partial charge in [0.05, 0.1) is 26.4 Å². The Morgan fingerprint density at radius 2 is 1.07 bits per heavy atom. The van der Waals surface area contributed by atoms with Crippen molar-refractivity contribution < 1.29 is 28.8 Å². The van der Waals surface area contributed by atoms with Crippen LogP contribution < -0.4 is 0 Å². The number of aliphatic hydroxyl groups is 1. The van der Waals surface area contributed by atoms with Gasteiger partial charge in [-0.05, 0) is 16.7 Å². The van der Waals surface area contributed by atoms with Crippen LogP contribution in [-0.2, 0) is 38.8 Å². The third kappa shape index (κ3) is 7.30. The lowest BCUT2D eigenvalue weighted by Crippen LogP contribution is -2.62. The molecule has 0 radical (unpaired) electrons. The predicted octanol–water partition coefficient (Wildman–Crippen LogP) is 5.39. The molecule has 4 aromatic rings. The van der Waals surface area contributed by atoms with E-state index in [1.54, 1.807) is 24.3 Å². The first-order valence-electron chi connectivity index (χ1n) is 13.5. The van der Waals surface area contributed by atoms with Crippen LogP contribution in [0.15, 0.2) is 121 Å². The zero-order valence-corrected chi connectivity index (χ0v) is 22.3. The second-order valence-electron chi connectivity index (χ2n) is 9.84. The van der Waals surface area contributed by atoms with Gasteiger partial charge in [-0.2, -0.15) is 0 Å². The van der Waals surface area contributed by atoms with Gasteiger partial charge < -0.3 is 24.1 Å². The maximum atomic E-state index is 13.5. The Bertz CT molecular complexity index is 1300. The molecule has 1 saturated heterocycles. The van der Waals surface area contributed by atoms with Crippen molar-refractivity contribution in [3.63, 3.8) is 0 Å². The average molecular weight is 539 g/mol. The van der Waals surface area contributed by atoms with E-state index in [0.717, 1.165) is 16.7 Å². The molecule has 1 N–H and O–H groups in total. The lowest BCUT2D eigenvalue weighted by Gasteiger charge is -2.44. The van der Waals surface area contributed by atoms with Crippen molar-refractivity contribution in [2.24, 2.45) is 0 Å². The molecule has 1 aliphatic heterocycles. The summed E-state index contributed by atoms with van der Waals surface area (Å²) in [7, 11) is 0. The Hall–Kier alpha value is -3.65. The minimum Gasteiger partial charge on any atom is -0.387 e. The fourth-order valence-corrected chi connectivity index (χ4v) is 4.84. The second kappa shape index (κ2) is 14.1. The number of ether oxygens (including phenoxy) is 4. The number of ketones is 1. The molecule has 1 fully saturated rings. The van der Waals surface area contributed by atoms with E-state index < -0.39 is 30.5 Å². The van der Waals surface area contributed by atoms with Crippen LogP contribution in [0.5, 0.6) is 0 Å². The minimum atomic E-state index is -1.25. The van der Waals surface area contributed by atoms with Crippen LogP contribution in [0.4, 0.5) is 0 Å². The molecule has 1 heterocycles. The van der Waals surface area contributed by atoms with Crippen molar-refractivity contribution in [2.45, 2.75) is 50.3 Å². The molecule has 0 bridgehead atoms. The van der Waals surface area contributed by atoms with Crippen LogP contribution in [0, 0.1) is 0 Å². The van der Waals surface area contributed by atoms with E-state index in [1.807, 2.05) is 97.1 Å². The van der Waals surface area contributed by atoms with Crippen molar-refractivity contribution in [2.75, 3.05) is 6.61 Å². The molecule has 5 atom stereocenters. The average Bonchev–Trinajstić information content (AvgIpc) is 3.02. The summed E-state index contributed by atoms with van der Waals surface area (Å²) in [4.78, 5) is 13.5. The zero-order valence-electron chi connectivity index (χ0n) is 22.3. The van der Waals surface area contributed by atoms with Gasteiger partial charge in [0.15, 0.2) is 5.78 Å². The summed E-state index contributed by atoms with van der Waals surface area (Å²) in [5.74, 6) is -0.309. The van der Waals surface area contributed by atoms with Crippen LogP contribution in [0.25, 0.3) is 0 Å². The molecule has 0 saturated carbocycles. The molecule has 6 heteroatoms. The van der Waals surface area contributed by atoms with Gasteiger partial charge in [0, 0.05) is 5.56 Å². The first-order valence-corrected chi connectivity index (χ1v) is 13.5. The summed E-state index contributed by atoms with van der Waals surface area (Å²) in [6, 6.07) is 38.2. The van der Waals surface area contributed by atoms with Crippen LogP contribution in [0.3, 0.4) is 0 Å². The van der Waals surface area contributed by atoms with Crippen LogP contribution in [0.1, 0.15) is 27.0 Å². The monoisotopic (exact) mass is 538 g/mol. The molecular weight excluding hydrogens is 504 g/mol. The highest BCUT2D eigenvalue weighted by Gasteiger charge is 2.49. The lowest BCUT2D eigenvalue weighted by molar-refractivity contribution is -0.250. The van der Waals surface area contributed by atoms with Gasteiger partial charge in [-0.25, -0.2) is 0 Å². The molecule has 206 valence electrons. The first kappa shape index (κ1) is 27.9. The number of carbonyl (C=O) groups is 1. The third-order valence-corrected chi connectivity index (χ3v) is 6.94. The molecule has 0 aliphatic carbocycles. The fourth-order valence-electron chi connectivity index (χ4n) is 4.84. The van der Waals surface area contributed by atoms with Crippen LogP contribution in [0.2, 0.25) is 0 Å². The molecule has 0 unspecified atom stereocenters. The van der Waals surface area contributed by atoms with Gasteiger partial charge in [-0.1, -0.05) is 121 Å². The van der Waals surface area contributed by atoms with Crippen molar-refractivity contribution in [1.82, 2.24) is 0 Å². The van der Waals surface area contributed by atoms with Gasteiger partial charge in [-0.3, -0.25) is 4.79 Å². The standard InChI is InChI=1S/C34H34O6/c35-30(28-19-11-4-12-20-28)33-31(36)34(39-23-27-17-9-3-10-18-27)32(38-22-26-15-7-2-8-16-26)29(40-33)24-37-21-25-13-5-1-6-14-25/h1-20,29,31-34,36H,21-24H2/t29-,31+,32-,33+,34-/m1/s1. The minimum absolute atomic E-state index is 0.158. The van der Waals surface area contributed by atoms with Crippen molar-refractivity contribution in [1.29, 1.82) is 0 Å². The van der Waals surface area contributed by atoms with E-state index in [9.17, 15) is 9.90 Å². The van der Waals surface area contributed by atoms with Crippen molar-refractivity contribution in [3.8, 4) is 0 Å². The van der Waals surface area contributed by atoms with Gasteiger partial charge in [0.2, 0.25) is 0 Å². The Morgan fingerprint density at radius 1 is 0.625 bits per heavy atom. The Balaban J connectivity index is 1.40. The zero-order chi connectivity index (χ0) is 27.6.